The monoisotopic (exact) mass is 398 g/mol. The number of carbonyl (C=O) groups excluding carboxylic acids is 3. The number of aromatic amines is 1. The largest absolute Gasteiger partial charge is 0.462 e. The van der Waals surface area contributed by atoms with Gasteiger partial charge in [-0.05, 0) is 39.2 Å². The number of carbonyl (C=O) groups is 3. The Labute approximate surface area is 164 Å². The fourth-order valence-electron chi connectivity index (χ4n) is 2.36. The van der Waals surface area contributed by atoms with Gasteiger partial charge in [0.15, 0.2) is 0 Å². The Morgan fingerprint density at radius 3 is 2.22 bits per heavy atom. The molecule has 0 radical (unpaired) electrons. The smallest absolute Gasteiger partial charge is 0.355 e. The first kappa shape index (κ1) is 23.1. The Hall–Kier alpha value is -1.96. The van der Waals surface area contributed by atoms with Gasteiger partial charge in [0.05, 0.1) is 24.5 Å². The van der Waals surface area contributed by atoms with E-state index in [4.69, 9.17) is 9.47 Å². The predicted octanol–water partition coefficient (Wildman–Crippen LogP) is 3.07. The van der Waals surface area contributed by atoms with E-state index in [1.807, 2.05) is 20.8 Å². The molecule has 0 fully saturated rings. The van der Waals surface area contributed by atoms with Crippen LogP contribution in [0.25, 0.3) is 0 Å². The number of esters is 2. The van der Waals surface area contributed by atoms with Crippen molar-refractivity contribution in [3.05, 3.63) is 22.5 Å². The molecule has 0 aliphatic rings. The van der Waals surface area contributed by atoms with Crippen molar-refractivity contribution in [2.75, 3.05) is 19.0 Å². The molecule has 1 rings (SSSR count). The number of hydrogen-bond donors (Lipinski definition) is 2. The van der Waals surface area contributed by atoms with Crippen molar-refractivity contribution >= 4 is 29.6 Å². The number of rotatable bonds is 10. The average Bonchev–Trinajstić information content (AvgIpc) is 2.91. The third-order valence-electron chi connectivity index (χ3n) is 4.15. The van der Waals surface area contributed by atoms with Gasteiger partial charge in [-0.3, -0.25) is 4.79 Å². The Balaban J connectivity index is 2.88. The molecule has 1 atom stereocenters. The maximum atomic E-state index is 12.3. The Kier molecular flexibility index (Phi) is 9.41. The Bertz CT molecular complexity index is 669. The van der Waals surface area contributed by atoms with Crippen molar-refractivity contribution in [2.24, 2.45) is 5.92 Å². The topological polar surface area (TPSA) is 97.5 Å². The SMILES string of the molecule is CCOC(=O)c1[nH]c(CSCC(=O)N[C@H](C)C(C)C)c(C(=O)OCC)c1C. The second-order valence-electron chi connectivity index (χ2n) is 6.51. The minimum absolute atomic E-state index is 0.0622. The van der Waals surface area contributed by atoms with Gasteiger partial charge in [-0.1, -0.05) is 13.8 Å². The third kappa shape index (κ3) is 6.61. The molecule has 1 aromatic heterocycles. The normalized spacial score (nSPS) is 12.0. The molecule has 1 aromatic rings. The second kappa shape index (κ2) is 11.0. The van der Waals surface area contributed by atoms with Crippen molar-refractivity contribution in [2.45, 2.75) is 53.3 Å². The van der Waals surface area contributed by atoms with E-state index >= 15 is 0 Å². The quantitative estimate of drug-likeness (QED) is 0.588. The number of nitrogens with one attached hydrogen (secondary N) is 2. The highest BCUT2D eigenvalue weighted by molar-refractivity contribution is 7.99. The number of hydrogen-bond acceptors (Lipinski definition) is 6. The van der Waals surface area contributed by atoms with Gasteiger partial charge < -0.3 is 19.8 Å². The molecular formula is C19H30N2O5S. The molecule has 1 heterocycles. The maximum absolute atomic E-state index is 12.3. The molecule has 0 spiro atoms. The summed E-state index contributed by atoms with van der Waals surface area (Å²) in [5.74, 6) is -0.0831. The van der Waals surface area contributed by atoms with E-state index in [1.54, 1.807) is 20.8 Å². The number of H-pyrrole nitrogens is 1. The number of thioether (sulfide) groups is 1. The lowest BCUT2D eigenvalue weighted by atomic mass is 10.1. The van der Waals surface area contributed by atoms with Crippen molar-refractivity contribution < 1.29 is 23.9 Å². The number of ether oxygens (including phenoxy) is 2. The van der Waals surface area contributed by atoms with Gasteiger partial charge in [0, 0.05) is 17.5 Å². The third-order valence-corrected chi connectivity index (χ3v) is 5.11. The van der Waals surface area contributed by atoms with Gasteiger partial charge in [0.25, 0.3) is 0 Å². The highest BCUT2D eigenvalue weighted by Gasteiger charge is 2.25. The molecule has 7 nitrogen and oxygen atoms in total. The molecule has 1 amide bonds. The van der Waals surface area contributed by atoms with Crippen LogP contribution in [0.4, 0.5) is 0 Å². The molecule has 0 saturated heterocycles. The summed E-state index contributed by atoms with van der Waals surface area (Å²) in [6.45, 7) is 11.7. The first-order valence-electron chi connectivity index (χ1n) is 9.15. The van der Waals surface area contributed by atoms with Crippen LogP contribution in [-0.4, -0.2) is 47.8 Å². The fraction of sp³-hybridized carbons (Fsp3) is 0.632. The standard InChI is InChI=1S/C19H30N2O5S/c1-7-25-18(23)16-12(5)17(19(24)26-8-2)21-14(16)9-27-10-15(22)20-13(6)11(3)4/h11,13,21H,7-10H2,1-6H3,(H,20,22)/t13-/m1/s1. The lowest BCUT2D eigenvalue weighted by molar-refractivity contribution is -0.119. The summed E-state index contributed by atoms with van der Waals surface area (Å²) < 4.78 is 10.1. The molecule has 2 N–H and O–H groups in total. The van der Waals surface area contributed by atoms with Crippen LogP contribution in [0.5, 0.6) is 0 Å². The van der Waals surface area contributed by atoms with Gasteiger partial charge in [0.1, 0.15) is 5.69 Å². The molecular weight excluding hydrogens is 368 g/mol. The van der Waals surface area contributed by atoms with Crippen molar-refractivity contribution in [3.8, 4) is 0 Å². The molecule has 0 saturated carbocycles. The summed E-state index contributed by atoms with van der Waals surface area (Å²) in [6.07, 6.45) is 0. The zero-order valence-electron chi connectivity index (χ0n) is 16.9. The van der Waals surface area contributed by atoms with Crippen LogP contribution in [0.2, 0.25) is 0 Å². The van der Waals surface area contributed by atoms with Gasteiger partial charge in [-0.15, -0.1) is 11.8 Å². The summed E-state index contributed by atoms with van der Waals surface area (Å²) in [7, 11) is 0. The average molecular weight is 399 g/mol. The zero-order chi connectivity index (χ0) is 20.6. The zero-order valence-corrected chi connectivity index (χ0v) is 17.7. The van der Waals surface area contributed by atoms with Gasteiger partial charge in [-0.2, -0.15) is 0 Å². The first-order chi connectivity index (χ1) is 12.7. The van der Waals surface area contributed by atoms with Gasteiger partial charge in [-0.25, -0.2) is 9.59 Å². The van der Waals surface area contributed by atoms with Crippen LogP contribution in [0.1, 0.15) is 66.7 Å². The summed E-state index contributed by atoms with van der Waals surface area (Å²) in [4.78, 5) is 39.4. The Morgan fingerprint density at radius 1 is 1.07 bits per heavy atom. The molecule has 27 heavy (non-hydrogen) atoms. The minimum atomic E-state index is -0.514. The van der Waals surface area contributed by atoms with E-state index in [0.717, 1.165) is 0 Å². The van der Waals surface area contributed by atoms with E-state index in [-0.39, 0.29) is 36.6 Å². The van der Waals surface area contributed by atoms with Crippen molar-refractivity contribution in [1.29, 1.82) is 0 Å². The van der Waals surface area contributed by atoms with Gasteiger partial charge >= 0.3 is 11.9 Å². The first-order valence-corrected chi connectivity index (χ1v) is 10.3. The molecule has 8 heteroatoms. The van der Waals surface area contributed by atoms with Crippen LogP contribution in [0.15, 0.2) is 0 Å². The molecule has 0 aliphatic carbocycles. The lowest BCUT2D eigenvalue weighted by Gasteiger charge is -2.17. The van der Waals surface area contributed by atoms with Crippen LogP contribution in [0, 0.1) is 12.8 Å². The van der Waals surface area contributed by atoms with E-state index in [2.05, 4.69) is 10.3 Å². The fourth-order valence-corrected chi connectivity index (χ4v) is 3.15. The molecule has 0 unspecified atom stereocenters. The lowest BCUT2D eigenvalue weighted by Crippen LogP contribution is -2.37. The molecule has 152 valence electrons. The second-order valence-corrected chi connectivity index (χ2v) is 7.50. The summed E-state index contributed by atoms with van der Waals surface area (Å²) >= 11 is 1.36. The Morgan fingerprint density at radius 2 is 1.67 bits per heavy atom. The van der Waals surface area contributed by atoms with E-state index in [9.17, 15) is 14.4 Å². The summed E-state index contributed by atoms with van der Waals surface area (Å²) in [5.41, 5.74) is 1.64. The molecule has 0 aliphatic heterocycles. The summed E-state index contributed by atoms with van der Waals surface area (Å²) in [6, 6.07) is 0.0938. The number of amides is 1. The van der Waals surface area contributed by atoms with Crippen molar-refractivity contribution in [3.63, 3.8) is 0 Å². The van der Waals surface area contributed by atoms with Crippen molar-refractivity contribution in [1.82, 2.24) is 10.3 Å². The van der Waals surface area contributed by atoms with E-state index in [0.29, 0.717) is 28.5 Å². The molecule has 0 bridgehead atoms. The number of aromatic nitrogens is 1. The van der Waals surface area contributed by atoms with Crippen LogP contribution >= 0.6 is 11.8 Å². The maximum Gasteiger partial charge on any atom is 0.355 e. The predicted molar refractivity (Wildman–Crippen MR) is 106 cm³/mol. The van der Waals surface area contributed by atoms with E-state index in [1.165, 1.54) is 11.8 Å². The van der Waals surface area contributed by atoms with Crippen LogP contribution in [0.3, 0.4) is 0 Å². The highest BCUT2D eigenvalue weighted by atomic mass is 32.2. The molecule has 0 aromatic carbocycles. The van der Waals surface area contributed by atoms with Crippen LogP contribution < -0.4 is 5.32 Å². The summed E-state index contributed by atoms with van der Waals surface area (Å²) in [5, 5.41) is 2.94. The van der Waals surface area contributed by atoms with Gasteiger partial charge in [0.2, 0.25) is 5.91 Å². The minimum Gasteiger partial charge on any atom is -0.462 e. The van der Waals surface area contributed by atoms with Crippen LogP contribution in [-0.2, 0) is 20.0 Å². The highest BCUT2D eigenvalue weighted by Crippen LogP contribution is 2.24. The van der Waals surface area contributed by atoms with E-state index < -0.39 is 11.9 Å².